The van der Waals surface area contributed by atoms with E-state index in [0.717, 1.165) is 17.8 Å². The number of amides is 1. The molecule has 0 aromatic heterocycles. The quantitative estimate of drug-likeness (QED) is 0.839. The third-order valence-electron chi connectivity index (χ3n) is 3.08. The van der Waals surface area contributed by atoms with Gasteiger partial charge in [0, 0.05) is 12.2 Å². The van der Waals surface area contributed by atoms with Gasteiger partial charge in [-0.05, 0) is 45.9 Å². The number of carbonyl (C=O) groups is 1. The highest BCUT2D eigenvalue weighted by Crippen LogP contribution is 2.16. The Morgan fingerprint density at radius 3 is 2.50 bits per heavy atom. The highest BCUT2D eigenvalue weighted by molar-refractivity contribution is 5.93. The first-order valence-electron chi connectivity index (χ1n) is 7.03. The van der Waals surface area contributed by atoms with Crippen LogP contribution in [0.4, 0.5) is 5.69 Å². The maximum atomic E-state index is 12.1. The molecule has 0 spiro atoms. The number of nitrogens with one attached hydrogen (secondary N) is 1. The number of anilines is 1. The zero-order valence-electron chi connectivity index (χ0n) is 13.2. The van der Waals surface area contributed by atoms with Crippen molar-refractivity contribution in [3.63, 3.8) is 0 Å². The fourth-order valence-corrected chi connectivity index (χ4v) is 2.17. The summed E-state index contributed by atoms with van der Waals surface area (Å²) in [5.41, 5.74) is 2.29. The van der Waals surface area contributed by atoms with E-state index >= 15 is 0 Å². The second kappa shape index (κ2) is 6.86. The van der Waals surface area contributed by atoms with Crippen LogP contribution in [0.25, 0.3) is 0 Å². The average Bonchev–Trinajstić information content (AvgIpc) is 2.30. The van der Waals surface area contributed by atoms with Crippen LogP contribution in [0.15, 0.2) is 18.2 Å². The average molecular weight is 278 g/mol. The van der Waals surface area contributed by atoms with Gasteiger partial charge in [0.15, 0.2) is 0 Å². The first kappa shape index (κ1) is 16.7. The minimum atomic E-state index is -0.796. The van der Waals surface area contributed by atoms with Gasteiger partial charge in [-0.2, -0.15) is 0 Å². The highest BCUT2D eigenvalue weighted by Gasteiger charge is 2.19. The molecule has 1 amide bonds. The van der Waals surface area contributed by atoms with E-state index in [9.17, 15) is 9.90 Å². The van der Waals surface area contributed by atoms with Crippen LogP contribution in [0.3, 0.4) is 0 Å². The van der Waals surface area contributed by atoms with Crippen molar-refractivity contribution >= 4 is 11.6 Å². The molecule has 0 aliphatic rings. The van der Waals surface area contributed by atoms with E-state index in [4.69, 9.17) is 0 Å². The molecule has 0 unspecified atom stereocenters. The Morgan fingerprint density at radius 1 is 1.35 bits per heavy atom. The summed E-state index contributed by atoms with van der Waals surface area (Å²) >= 11 is 0. The van der Waals surface area contributed by atoms with E-state index < -0.39 is 5.60 Å². The lowest BCUT2D eigenvalue weighted by Gasteiger charge is -2.27. The van der Waals surface area contributed by atoms with Crippen molar-refractivity contribution in [2.75, 3.05) is 25.0 Å². The zero-order chi connectivity index (χ0) is 15.3. The summed E-state index contributed by atoms with van der Waals surface area (Å²) in [7, 11) is 0. The van der Waals surface area contributed by atoms with Gasteiger partial charge < -0.3 is 10.4 Å². The van der Waals surface area contributed by atoms with Gasteiger partial charge in [0.05, 0.1) is 12.1 Å². The fraction of sp³-hybridized carbons (Fsp3) is 0.562. The Hall–Kier alpha value is -1.39. The number of carbonyl (C=O) groups excluding carboxylic acids is 1. The molecule has 112 valence electrons. The van der Waals surface area contributed by atoms with Crippen LogP contribution in [0.5, 0.6) is 0 Å². The summed E-state index contributed by atoms with van der Waals surface area (Å²) in [4.78, 5) is 14.0. The second-order valence-corrected chi connectivity index (χ2v) is 5.98. The van der Waals surface area contributed by atoms with E-state index in [-0.39, 0.29) is 12.5 Å². The van der Waals surface area contributed by atoms with Crippen LogP contribution >= 0.6 is 0 Å². The van der Waals surface area contributed by atoms with E-state index in [1.165, 1.54) is 5.56 Å². The van der Waals surface area contributed by atoms with E-state index in [1.807, 2.05) is 43.9 Å². The van der Waals surface area contributed by atoms with E-state index in [2.05, 4.69) is 5.32 Å². The molecule has 0 aliphatic carbocycles. The highest BCUT2D eigenvalue weighted by atomic mass is 16.3. The molecule has 0 bridgehead atoms. The van der Waals surface area contributed by atoms with Gasteiger partial charge in [0.2, 0.25) is 5.91 Å². The minimum absolute atomic E-state index is 0.0527. The summed E-state index contributed by atoms with van der Waals surface area (Å²) in [5, 5.41) is 12.7. The Balaban J connectivity index is 2.62. The largest absolute Gasteiger partial charge is 0.389 e. The molecule has 0 saturated heterocycles. The zero-order valence-corrected chi connectivity index (χ0v) is 13.2. The van der Waals surface area contributed by atoms with Crippen molar-refractivity contribution in [2.24, 2.45) is 0 Å². The molecule has 1 aromatic carbocycles. The van der Waals surface area contributed by atoms with Gasteiger partial charge in [0.25, 0.3) is 0 Å². The van der Waals surface area contributed by atoms with Gasteiger partial charge in [-0.15, -0.1) is 0 Å². The standard InChI is InChI=1S/C16H26N2O2/c1-6-18(11-16(4,5)20)10-15(19)17-14-8-7-12(2)9-13(14)3/h7-9,20H,6,10-11H2,1-5H3,(H,17,19). The van der Waals surface area contributed by atoms with Crippen LogP contribution in [-0.2, 0) is 4.79 Å². The van der Waals surface area contributed by atoms with Crippen molar-refractivity contribution in [1.29, 1.82) is 0 Å². The molecular weight excluding hydrogens is 252 g/mol. The van der Waals surface area contributed by atoms with Gasteiger partial charge in [-0.3, -0.25) is 9.69 Å². The summed E-state index contributed by atoms with van der Waals surface area (Å²) in [6, 6.07) is 5.95. The first-order chi connectivity index (χ1) is 9.21. The third kappa shape index (κ3) is 5.72. The van der Waals surface area contributed by atoms with Gasteiger partial charge in [-0.1, -0.05) is 24.6 Å². The van der Waals surface area contributed by atoms with Crippen LogP contribution in [0.1, 0.15) is 31.9 Å². The first-order valence-corrected chi connectivity index (χ1v) is 7.03. The monoisotopic (exact) mass is 278 g/mol. The number of aryl methyl sites for hydroxylation is 2. The minimum Gasteiger partial charge on any atom is -0.389 e. The number of aliphatic hydroxyl groups is 1. The lowest BCUT2D eigenvalue weighted by molar-refractivity contribution is -0.117. The van der Waals surface area contributed by atoms with Crippen LogP contribution < -0.4 is 5.32 Å². The molecule has 4 nitrogen and oxygen atoms in total. The van der Waals surface area contributed by atoms with Gasteiger partial charge >= 0.3 is 0 Å². The molecule has 20 heavy (non-hydrogen) atoms. The molecular formula is C16H26N2O2. The summed E-state index contributed by atoms with van der Waals surface area (Å²) < 4.78 is 0. The van der Waals surface area contributed by atoms with Crippen molar-refractivity contribution in [3.8, 4) is 0 Å². The molecule has 0 heterocycles. The van der Waals surface area contributed by atoms with Crippen molar-refractivity contribution in [3.05, 3.63) is 29.3 Å². The summed E-state index contributed by atoms with van der Waals surface area (Å²) in [6.45, 7) is 11.0. The molecule has 1 rings (SSSR count). The Kier molecular flexibility index (Phi) is 5.72. The van der Waals surface area contributed by atoms with Gasteiger partial charge in [0.1, 0.15) is 0 Å². The smallest absolute Gasteiger partial charge is 0.238 e. The Labute approximate surface area is 121 Å². The molecule has 0 saturated carbocycles. The van der Waals surface area contributed by atoms with Crippen LogP contribution in [0.2, 0.25) is 0 Å². The van der Waals surface area contributed by atoms with Crippen molar-refractivity contribution < 1.29 is 9.90 Å². The number of hydrogen-bond acceptors (Lipinski definition) is 3. The molecule has 4 heteroatoms. The van der Waals surface area contributed by atoms with Crippen LogP contribution in [0, 0.1) is 13.8 Å². The molecule has 0 aliphatic heterocycles. The summed E-state index contributed by atoms with van der Waals surface area (Å²) in [6.07, 6.45) is 0. The van der Waals surface area contributed by atoms with Crippen molar-refractivity contribution in [1.82, 2.24) is 4.90 Å². The number of likely N-dealkylation sites (N-methyl/N-ethyl adjacent to an activating group) is 1. The number of nitrogens with zero attached hydrogens (tertiary/aromatic N) is 1. The van der Waals surface area contributed by atoms with Crippen LogP contribution in [-0.4, -0.2) is 41.1 Å². The second-order valence-electron chi connectivity index (χ2n) is 5.98. The number of rotatable bonds is 6. The SMILES string of the molecule is CCN(CC(=O)Nc1ccc(C)cc1C)CC(C)(C)O. The molecule has 2 N–H and O–H groups in total. The van der Waals surface area contributed by atoms with E-state index in [0.29, 0.717) is 6.54 Å². The normalized spacial score (nSPS) is 11.8. The predicted molar refractivity (Wildman–Crippen MR) is 83.0 cm³/mol. The maximum absolute atomic E-state index is 12.1. The topological polar surface area (TPSA) is 52.6 Å². The fourth-order valence-electron chi connectivity index (χ4n) is 2.17. The van der Waals surface area contributed by atoms with Crippen molar-refractivity contribution in [2.45, 2.75) is 40.2 Å². The molecule has 1 aromatic rings. The third-order valence-corrected chi connectivity index (χ3v) is 3.08. The lowest BCUT2D eigenvalue weighted by atomic mass is 10.1. The van der Waals surface area contributed by atoms with E-state index in [1.54, 1.807) is 13.8 Å². The Morgan fingerprint density at radius 2 is 2.00 bits per heavy atom. The number of benzene rings is 1. The molecule has 0 radical (unpaired) electrons. The maximum Gasteiger partial charge on any atom is 0.238 e. The molecule has 0 fully saturated rings. The molecule has 0 atom stereocenters. The predicted octanol–water partition coefficient (Wildman–Crippen LogP) is 2.33. The van der Waals surface area contributed by atoms with Gasteiger partial charge in [-0.25, -0.2) is 0 Å². The summed E-state index contributed by atoms with van der Waals surface area (Å²) in [5.74, 6) is -0.0527. The number of hydrogen-bond donors (Lipinski definition) is 2. The lowest BCUT2D eigenvalue weighted by Crippen LogP contribution is -2.42. The Bertz CT molecular complexity index is 464.